The number of nitrogens with one attached hydrogen (secondary N) is 2. The first-order valence-electron chi connectivity index (χ1n) is 8.94. The molecule has 0 saturated carbocycles. The average Bonchev–Trinajstić information content (AvgIpc) is 3.04. The van der Waals surface area contributed by atoms with Crippen LogP contribution in [0.2, 0.25) is 0 Å². The van der Waals surface area contributed by atoms with Gasteiger partial charge in [0.05, 0.1) is 16.4 Å². The van der Waals surface area contributed by atoms with Crippen molar-refractivity contribution in [2.45, 2.75) is 18.4 Å². The summed E-state index contributed by atoms with van der Waals surface area (Å²) in [5.41, 5.74) is 2.33. The highest BCUT2D eigenvalue weighted by Crippen LogP contribution is 2.20. The highest BCUT2D eigenvalue weighted by Gasteiger charge is 2.18. The van der Waals surface area contributed by atoms with Crippen LogP contribution in [0.1, 0.15) is 21.7 Å². The van der Waals surface area contributed by atoms with Crippen molar-refractivity contribution in [3.05, 3.63) is 87.7 Å². The second-order valence-electron chi connectivity index (χ2n) is 6.65. The summed E-state index contributed by atoms with van der Waals surface area (Å²) in [6.45, 7) is 2.34. The lowest BCUT2D eigenvalue weighted by Crippen LogP contribution is -2.24. The lowest BCUT2D eigenvalue weighted by Gasteiger charge is -2.10. The van der Waals surface area contributed by atoms with Gasteiger partial charge >= 0.3 is 0 Å². The molecule has 0 aliphatic rings. The number of amides is 1. The minimum absolute atomic E-state index is 0.226. The van der Waals surface area contributed by atoms with Gasteiger partial charge < -0.3 is 9.88 Å². The van der Waals surface area contributed by atoms with Gasteiger partial charge in [-0.3, -0.25) is 19.6 Å². The standard InChI is InChI=1S/C20H20N4O5S/c1-14-6-11-18(23(14)2)13-21-20(25)15-7-9-16(10-8-15)22-30(28,29)19-5-3-4-17(12-19)24(26)27/h3-12,22H,13H2,1-2H3,(H,21,25). The van der Waals surface area contributed by atoms with Crippen LogP contribution >= 0.6 is 0 Å². The zero-order valence-electron chi connectivity index (χ0n) is 16.3. The number of aromatic nitrogens is 1. The average molecular weight is 428 g/mol. The molecule has 3 aromatic rings. The lowest BCUT2D eigenvalue weighted by molar-refractivity contribution is -0.385. The number of nitro groups is 1. The number of aryl methyl sites for hydroxylation is 1. The Morgan fingerprint density at radius 2 is 1.80 bits per heavy atom. The second-order valence-corrected chi connectivity index (χ2v) is 8.33. The molecule has 0 aliphatic carbocycles. The van der Waals surface area contributed by atoms with Crippen LogP contribution in [0.3, 0.4) is 0 Å². The molecule has 1 heterocycles. The zero-order chi connectivity index (χ0) is 21.9. The van der Waals surface area contributed by atoms with Gasteiger partial charge in [0.1, 0.15) is 0 Å². The van der Waals surface area contributed by atoms with E-state index >= 15 is 0 Å². The SMILES string of the molecule is Cc1ccc(CNC(=O)c2ccc(NS(=O)(=O)c3cccc([N+](=O)[O-])c3)cc2)n1C. The van der Waals surface area contributed by atoms with E-state index in [9.17, 15) is 23.3 Å². The molecule has 1 aromatic heterocycles. The van der Waals surface area contributed by atoms with Crippen LogP contribution in [-0.4, -0.2) is 23.8 Å². The fourth-order valence-electron chi connectivity index (χ4n) is 2.79. The normalized spacial score (nSPS) is 11.1. The molecule has 0 atom stereocenters. The first kappa shape index (κ1) is 21.1. The molecule has 0 bridgehead atoms. The fraction of sp³-hybridized carbons (Fsp3) is 0.150. The third-order valence-electron chi connectivity index (χ3n) is 4.64. The van der Waals surface area contributed by atoms with Gasteiger partial charge in [-0.1, -0.05) is 6.07 Å². The van der Waals surface area contributed by atoms with Crippen molar-refractivity contribution in [1.29, 1.82) is 0 Å². The number of rotatable bonds is 7. The molecule has 0 fully saturated rings. The first-order valence-corrected chi connectivity index (χ1v) is 10.4. The number of nitro benzene ring substituents is 1. The maximum Gasteiger partial charge on any atom is 0.270 e. The molecule has 3 rings (SSSR count). The van der Waals surface area contributed by atoms with Gasteiger partial charge in [0.25, 0.3) is 21.6 Å². The summed E-state index contributed by atoms with van der Waals surface area (Å²) < 4.78 is 29.3. The number of non-ortho nitro benzene ring substituents is 1. The van der Waals surface area contributed by atoms with E-state index in [0.717, 1.165) is 17.5 Å². The molecule has 2 aromatic carbocycles. The topological polar surface area (TPSA) is 123 Å². The molecule has 1 amide bonds. The van der Waals surface area contributed by atoms with Crippen molar-refractivity contribution in [3.63, 3.8) is 0 Å². The minimum atomic E-state index is -4.01. The van der Waals surface area contributed by atoms with E-state index in [1.54, 1.807) is 0 Å². The van der Waals surface area contributed by atoms with Gasteiger partial charge in [-0.05, 0) is 49.4 Å². The molecule has 0 saturated heterocycles. The Balaban J connectivity index is 1.67. The van der Waals surface area contributed by atoms with Gasteiger partial charge in [-0.25, -0.2) is 8.42 Å². The summed E-state index contributed by atoms with van der Waals surface area (Å²) in [7, 11) is -2.09. The molecule has 2 N–H and O–H groups in total. The first-order chi connectivity index (χ1) is 14.2. The fourth-order valence-corrected chi connectivity index (χ4v) is 3.88. The number of hydrogen-bond acceptors (Lipinski definition) is 5. The number of hydrogen-bond donors (Lipinski definition) is 2. The lowest BCUT2D eigenvalue weighted by atomic mass is 10.2. The van der Waals surface area contributed by atoms with E-state index in [0.29, 0.717) is 12.1 Å². The van der Waals surface area contributed by atoms with Gasteiger partial charge in [0.2, 0.25) is 0 Å². The van der Waals surface area contributed by atoms with Gasteiger partial charge in [0, 0.05) is 41.8 Å². The van der Waals surface area contributed by atoms with Crippen LogP contribution in [0.4, 0.5) is 11.4 Å². The Morgan fingerprint density at radius 3 is 2.40 bits per heavy atom. The zero-order valence-corrected chi connectivity index (χ0v) is 17.1. The third-order valence-corrected chi connectivity index (χ3v) is 6.02. The molecule has 0 spiro atoms. The summed E-state index contributed by atoms with van der Waals surface area (Å²) >= 11 is 0. The number of benzene rings is 2. The van der Waals surface area contributed by atoms with Gasteiger partial charge in [-0.15, -0.1) is 0 Å². The van der Waals surface area contributed by atoms with E-state index in [1.807, 2.05) is 30.7 Å². The summed E-state index contributed by atoms with van der Waals surface area (Å²) in [4.78, 5) is 22.3. The second kappa shape index (κ2) is 8.37. The van der Waals surface area contributed by atoms with Crippen LogP contribution in [0.5, 0.6) is 0 Å². The van der Waals surface area contributed by atoms with Crippen molar-refractivity contribution in [2.75, 3.05) is 4.72 Å². The van der Waals surface area contributed by atoms with E-state index in [2.05, 4.69) is 10.0 Å². The maximum absolute atomic E-state index is 12.5. The Morgan fingerprint density at radius 1 is 1.10 bits per heavy atom. The number of anilines is 1. The van der Waals surface area contributed by atoms with Crippen LogP contribution in [0, 0.1) is 17.0 Å². The number of carbonyl (C=O) groups excluding carboxylic acids is 1. The van der Waals surface area contributed by atoms with Crippen molar-refractivity contribution in [2.24, 2.45) is 7.05 Å². The molecule has 156 valence electrons. The molecule has 0 radical (unpaired) electrons. The molecule has 0 unspecified atom stereocenters. The Bertz CT molecular complexity index is 1200. The summed E-state index contributed by atoms with van der Waals surface area (Å²) in [5.74, 6) is -0.290. The van der Waals surface area contributed by atoms with Crippen LogP contribution in [-0.2, 0) is 23.6 Å². The Labute approximate surface area is 173 Å². The smallest absolute Gasteiger partial charge is 0.270 e. The highest BCUT2D eigenvalue weighted by molar-refractivity contribution is 7.92. The molecular weight excluding hydrogens is 408 g/mol. The quantitative estimate of drug-likeness (QED) is 0.442. The van der Waals surface area contributed by atoms with Crippen molar-refractivity contribution in [1.82, 2.24) is 9.88 Å². The van der Waals surface area contributed by atoms with Gasteiger partial charge in [-0.2, -0.15) is 0 Å². The predicted octanol–water partition coefficient (Wildman–Crippen LogP) is 2.97. The number of nitrogens with zero attached hydrogens (tertiary/aromatic N) is 2. The molecular formula is C20H20N4O5S. The van der Waals surface area contributed by atoms with Crippen molar-refractivity contribution >= 4 is 27.3 Å². The molecule has 30 heavy (non-hydrogen) atoms. The summed E-state index contributed by atoms with van der Waals surface area (Å²) in [6.07, 6.45) is 0. The predicted molar refractivity (Wildman–Crippen MR) is 112 cm³/mol. The van der Waals surface area contributed by atoms with Crippen molar-refractivity contribution in [3.8, 4) is 0 Å². The van der Waals surface area contributed by atoms with Crippen LogP contribution in [0.15, 0.2) is 65.6 Å². The number of sulfonamides is 1. The largest absolute Gasteiger partial charge is 0.350 e. The summed E-state index contributed by atoms with van der Waals surface area (Å²) in [5, 5.41) is 13.7. The summed E-state index contributed by atoms with van der Waals surface area (Å²) in [6, 6.07) is 14.6. The molecule has 10 heteroatoms. The van der Waals surface area contributed by atoms with Gasteiger partial charge in [0.15, 0.2) is 0 Å². The maximum atomic E-state index is 12.5. The van der Waals surface area contributed by atoms with E-state index < -0.39 is 14.9 Å². The van der Waals surface area contributed by atoms with Crippen molar-refractivity contribution < 1.29 is 18.1 Å². The molecule has 0 aliphatic heterocycles. The monoisotopic (exact) mass is 428 g/mol. The molecule has 9 nitrogen and oxygen atoms in total. The van der Waals surface area contributed by atoms with Crippen LogP contribution < -0.4 is 10.0 Å². The van der Waals surface area contributed by atoms with Crippen LogP contribution in [0.25, 0.3) is 0 Å². The Kier molecular flexibility index (Phi) is 5.88. The highest BCUT2D eigenvalue weighted by atomic mass is 32.2. The van der Waals surface area contributed by atoms with E-state index in [4.69, 9.17) is 0 Å². The Hall–Kier alpha value is -3.66. The van der Waals surface area contributed by atoms with E-state index in [-0.39, 0.29) is 22.2 Å². The minimum Gasteiger partial charge on any atom is -0.350 e. The number of carbonyl (C=O) groups is 1. The van der Waals surface area contributed by atoms with E-state index in [1.165, 1.54) is 42.5 Å². The third kappa shape index (κ3) is 4.66.